The van der Waals surface area contributed by atoms with Crippen LogP contribution in [0.3, 0.4) is 0 Å². The largest absolute Gasteiger partial charge is 0.497 e. The molecule has 6 nitrogen and oxygen atoms in total. The van der Waals surface area contributed by atoms with Crippen LogP contribution in [0.1, 0.15) is 29.3 Å². The summed E-state index contributed by atoms with van der Waals surface area (Å²) in [5, 5.41) is 0. The molecule has 1 heterocycles. The number of aryl methyl sites for hydroxylation is 2. The van der Waals surface area contributed by atoms with Gasteiger partial charge in [0.2, 0.25) is 0 Å². The minimum Gasteiger partial charge on any atom is -0.497 e. The average Bonchev–Trinajstić information content (AvgIpc) is 3.03. The molecule has 28 heavy (non-hydrogen) atoms. The first kappa shape index (κ1) is 19.8. The van der Waals surface area contributed by atoms with Crippen LogP contribution in [-0.4, -0.2) is 30.2 Å². The van der Waals surface area contributed by atoms with Crippen LogP contribution in [0.25, 0.3) is 10.2 Å². The van der Waals surface area contributed by atoms with Gasteiger partial charge in [-0.3, -0.25) is 9.59 Å². The Labute approximate surface area is 167 Å². The van der Waals surface area contributed by atoms with Gasteiger partial charge >= 0.3 is 5.97 Å². The van der Waals surface area contributed by atoms with E-state index in [0.29, 0.717) is 23.5 Å². The molecule has 0 N–H and O–H groups in total. The highest BCUT2D eigenvalue weighted by molar-refractivity contribution is 7.16. The molecule has 0 bridgehead atoms. The van der Waals surface area contributed by atoms with Gasteiger partial charge in [0.15, 0.2) is 4.80 Å². The number of fused-ring (bicyclic) bond motifs is 1. The summed E-state index contributed by atoms with van der Waals surface area (Å²) in [6.07, 6.45) is 0.206. The summed E-state index contributed by atoms with van der Waals surface area (Å²) in [6.45, 7) is 4.46. The van der Waals surface area contributed by atoms with E-state index in [4.69, 9.17) is 9.47 Å². The minimum absolute atomic E-state index is 0.206. The molecule has 0 atom stereocenters. The fraction of sp³-hybridized carbons (Fsp3) is 0.286. The van der Waals surface area contributed by atoms with Crippen LogP contribution in [0.2, 0.25) is 0 Å². The molecule has 0 saturated heterocycles. The van der Waals surface area contributed by atoms with Gasteiger partial charge in [-0.15, -0.1) is 0 Å². The van der Waals surface area contributed by atoms with Crippen LogP contribution >= 0.6 is 11.3 Å². The molecule has 0 unspecified atom stereocenters. The smallest absolute Gasteiger partial charge is 0.307 e. The number of benzene rings is 2. The molecule has 0 saturated carbocycles. The van der Waals surface area contributed by atoms with Crippen LogP contribution in [0.15, 0.2) is 47.5 Å². The summed E-state index contributed by atoms with van der Waals surface area (Å²) in [6, 6.07) is 12.9. The Morgan fingerprint density at radius 2 is 1.89 bits per heavy atom. The molecule has 0 aliphatic rings. The molecule has 0 spiro atoms. The summed E-state index contributed by atoms with van der Waals surface area (Å²) in [4.78, 5) is 29.3. The van der Waals surface area contributed by atoms with Crippen molar-refractivity contribution in [1.29, 1.82) is 0 Å². The molecular weight excluding hydrogens is 376 g/mol. The van der Waals surface area contributed by atoms with Crippen molar-refractivity contribution in [3.8, 4) is 5.75 Å². The molecule has 0 aliphatic carbocycles. The Hall–Kier alpha value is -2.93. The Morgan fingerprint density at radius 1 is 1.14 bits per heavy atom. The quantitative estimate of drug-likeness (QED) is 0.594. The van der Waals surface area contributed by atoms with E-state index in [1.807, 2.05) is 41.8 Å². The number of carbonyl (C=O) groups excluding carboxylic acids is 2. The van der Waals surface area contributed by atoms with Crippen molar-refractivity contribution < 1.29 is 19.1 Å². The number of hydrogen-bond donors (Lipinski definition) is 0. The van der Waals surface area contributed by atoms with Gasteiger partial charge in [-0.2, -0.15) is 4.99 Å². The molecule has 7 heteroatoms. The maximum atomic E-state index is 12.6. The first-order valence-electron chi connectivity index (χ1n) is 9.00. The summed E-state index contributed by atoms with van der Waals surface area (Å²) < 4.78 is 13.1. The van der Waals surface area contributed by atoms with Crippen molar-refractivity contribution in [3.63, 3.8) is 0 Å². The predicted molar refractivity (Wildman–Crippen MR) is 109 cm³/mol. The van der Waals surface area contributed by atoms with Crippen LogP contribution in [0.4, 0.5) is 0 Å². The molecule has 3 rings (SSSR count). The van der Waals surface area contributed by atoms with Crippen LogP contribution in [0, 0.1) is 6.92 Å². The second-order valence-electron chi connectivity index (χ2n) is 6.21. The van der Waals surface area contributed by atoms with Gasteiger partial charge in [-0.05, 0) is 44.2 Å². The van der Waals surface area contributed by atoms with Crippen molar-refractivity contribution in [2.24, 2.45) is 4.99 Å². The first-order chi connectivity index (χ1) is 13.5. The number of hydrogen-bond acceptors (Lipinski definition) is 5. The highest BCUT2D eigenvalue weighted by Gasteiger charge is 2.12. The van der Waals surface area contributed by atoms with Crippen molar-refractivity contribution >= 4 is 33.4 Å². The second kappa shape index (κ2) is 8.84. The fourth-order valence-corrected chi connectivity index (χ4v) is 3.85. The SMILES string of the molecule is CCOC(=O)CCn1c(=NC(=O)c2ccc(C)cc2)sc2cc(OC)ccc21. The predicted octanol–water partition coefficient (Wildman–Crippen LogP) is 3.71. The number of amides is 1. The molecule has 1 amide bonds. The highest BCUT2D eigenvalue weighted by atomic mass is 32.1. The Bertz CT molecular complexity index is 1060. The van der Waals surface area contributed by atoms with Crippen molar-refractivity contribution in [3.05, 3.63) is 58.4 Å². The lowest BCUT2D eigenvalue weighted by atomic mass is 10.1. The molecule has 3 aromatic rings. The zero-order chi connectivity index (χ0) is 20.1. The van der Waals surface area contributed by atoms with E-state index >= 15 is 0 Å². The van der Waals surface area contributed by atoms with Gasteiger partial charge in [0.25, 0.3) is 5.91 Å². The molecule has 0 radical (unpaired) electrons. The molecule has 1 aromatic heterocycles. The number of aromatic nitrogens is 1. The van der Waals surface area contributed by atoms with Crippen molar-refractivity contribution in [2.45, 2.75) is 26.8 Å². The summed E-state index contributed by atoms with van der Waals surface area (Å²) in [7, 11) is 1.61. The number of rotatable bonds is 6. The standard InChI is InChI=1S/C21H22N2O4S/c1-4-27-19(24)11-12-23-17-10-9-16(26-3)13-18(17)28-21(23)22-20(25)15-7-5-14(2)6-8-15/h5-10,13H,4,11-12H2,1-3H3. The van der Waals surface area contributed by atoms with E-state index in [2.05, 4.69) is 4.99 Å². The van der Waals surface area contributed by atoms with E-state index in [0.717, 1.165) is 21.5 Å². The molecular formula is C21H22N2O4S. The lowest BCUT2D eigenvalue weighted by Gasteiger charge is -2.06. The van der Waals surface area contributed by atoms with Gasteiger partial charge in [-0.25, -0.2) is 0 Å². The molecule has 146 valence electrons. The van der Waals surface area contributed by atoms with Crippen LogP contribution in [0.5, 0.6) is 5.75 Å². The Balaban J connectivity index is 2.03. The van der Waals surface area contributed by atoms with Crippen LogP contribution < -0.4 is 9.54 Å². The maximum Gasteiger partial charge on any atom is 0.307 e. The lowest BCUT2D eigenvalue weighted by Crippen LogP contribution is -2.19. The zero-order valence-corrected chi connectivity index (χ0v) is 16.9. The van der Waals surface area contributed by atoms with Gasteiger partial charge in [0.1, 0.15) is 5.75 Å². The topological polar surface area (TPSA) is 69.9 Å². The third-order valence-corrected chi connectivity index (χ3v) is 5.27. The molecule has 2 aromatic carbocycles. The lowest BCUT2D eigenvalue weighted by molar-refractivity contribution is -0.143. The number of esters is 1. The fourth-order valence-electron chi connectivity index (χ4n) is 2.77. The third kappa shape index (κ3) is 4.48. The van der Waals surface area contributed by atoms with E-state index in [-0.39, 0.29) is 18.3 Å². The van der Waals surface area contributed by atoms with E-state index in [9.17, 15) is 9.59 Å². The number of methoxy groups -OCH3 is 1. The third-order valence-electron chi connectivity index (χ3n) is 4.23. The maximum absolute atomic E-state index is 12.6. The normalized spacial score (nSPS) is 11.6. The van der Waals surface area contributed by atoms with E-state index < -0.39 is 0 Å². The number of nitrogens with zero attached hydrogens (tertiary/aromatic N) is 2. The average molecular weight is 398 g/mol. The van der Waals surface area contributed by atoms with Gasteiger partial charge < -0.3 is 14.0 Å². The summed E-state index contributed by atoms with van der Waals surface area (Å²) in [5.41, 5.74) is 2.50. The van der Waals surface area contributed by atoms with Gasteiger partial charge in [0.05, 0.1) is 30.4 Å². The van der Waals surface area contributed by atoms with Crippen LogP contribution in [-0.2, 0) is 16.1 Å². The first-order valence-corrected chi connectivity index (χ1v) is 9.82. The minimum atomic E-state index is -0.316. The molecule has 0 aliphatic heterocycles. The highest BCUT2D eigenvalue weighted by Crippen LogP contribution is 2.23. The summed E-state index contributed by atoms with van der Waals surface area (Å²) >= 11 is 1.39. The number of ether oxygens (including phenoxy) is 2. The number of carbonyl (C=O) groups is 2. The molecule has 0 fully saturated rings. The van der Waals surface area contributed by atoms with E-state index in [1.54, 1.807) is 26.2 Å². The van der Waals surface area contributed by atoms with E-state index in [1.165, 1.54) is 11.3 Å². The summed E-state index contributed by atoms with van der Waals surface area (Å²) in [5.74, 6) is 0.129. The zero-order valence-electron chi connectivity index (χ0n) is 16.1. The van der Waals surface area contributed by atoms with Crippen molar-refractivity contribution in [2.75, 3.05) is 13.7 Å². The second-order valence-corrected chi connectivity index (χ2v) is 7.22. The van der Waals surface area contributed by atoms with Gasteiger partial charge in [-0.1, -0.05) is 29.0 Å². The van der Waals surface area contributed by atoms with Gasteiger partial charge in [0, 0.05) is 12.1 Å². The van der Waals surface area contributed by atoms with Crippen molar-refractivity contribution in [1.82, 2.24) is 4.57 Å². The number of thiazole rings is 1. The Morgan fingerprint density at radius 3 is 2.57 bits per heavy atom. The Kier molecular flexibility index (Phi) is 6.26. The monoisotopic (exact) mass is 398 g/mol.